The van der Waals surface area contributed by atoms with E-state index in [2.05, 4.69) is 43.0 Å². The van der Waals surface area contributed by atoms with Crippen LogP contribution in [0.3, 0.4) is 0 Å². The molecule has 0 radical (unpaired) electrons. The molecule has 150 valence electrons. The first-order valence-corrected chi connectivity index (χ1v) is 10.5. The van der Waals surface area contributed by atoms with Gasteiger partial charge in [0.05, 0.1) is 0 Å². The maximum absolute atomic E-state index is 13.4. The molecule has 0 saturated heterocycles. The molecule has 3 rings (SSSR count). The fourth-order valence-corrected chi connectivity index (χ4v) is 3.70. The molecule has 3 nitrogen and oxygen atoms in total. The minimum Gasteiger partial charge on any atom is -0.492 e. The minimum absolute atomic E-state index is 0.0719. The Morgan fingerprint density at radius 1 is 1.07 bits per heavy atom. The molecule has 1 aliphatic rings. The molecular formula is C25H33NO2. The van der Waals surface area contributed by atoms with Gasteiger partial charge in [0, 0.05) is 18.0 Å². The monoisotopic (exact) mass is 379 g/mol. The number of nitrogens with zero attached hydrogens (tertiary/aromatic N) is 1. The topological polar surface area (TPSA) is 29.5 Å². The van der Waals surface area contributed by atoms with Gasteiger partial charge in [0.15, 0.2) is 5.78 Å². The van der Waals surface area contributed by atoms with Crippen LogP contribution < -0.4 is 4.74 Å². The minimum atomic E-state index is -0.0719. The molecule has 0 bridgehead atoms. The first-order chi connectivity index (χ1) is 13.5. The van der Waals surface area contributed by atoms with Crippen LogP contribution in [0, 0.1) is 5.92 Å². The van der Waals surface area contributed by atoms with E-state index in [1.165, 1.54) is 24.0 Å². The Bertz CT molecular complexity index is 775. The molecule has 2 aromatic rings. The number of benzene rings is 2. The van der Waals surface area contributed by atoms with Crippen LogP contribution in [0.1, 0.15) is 66.4 Å². The smallest absolute Gasteiger partial charge is 0.170 e. The highest BCUT2D eigenvalue weighted by Crippen LogP contribution is 2.44. The molecule has 0 spiro atoms. The van der Waals surface area contributed by atoms with Crippen molar-refractivity contribution in [2.45, 2.75) is 44.9 Å². The SMILES string of the molecule is CC(C)CC(C(=O)c1ccc(OCCN(C)C)cc1)c1ccccc1C1CC1. The van der Waals surface area contributed by atoms with Crippen molar-refractivity contribution >= 4 is 5.78 Å². The van der Waals surface area contributed by atoms with E-state index in [1.807, 2.05) is 38.4 Å². The number of carbonyl (C=O) groups is 1. The first kappa shape index (κ1) is 20.6. The van der Waals surface area contributed by atoms with Gasteiger partial charge in [0.2, 0.25) is 0 Å². The number of hydrogen-bond acceptors (Lipinski definition) is 3. The summed E-state index contributed by atoms with van der Waals surface area (Å²) >= 11 is 0. The van der Waals surface area contributed by atoms with E-state index in [0.29, 0.717) is 18.4 Å². The van der Waals surface area contributed by atoms with E-state index in [-0.39, 0.29) is 11.7 Å². The number of carbonyl (C=O) groups excluding carboxylic acids is 1. The average Bonchev–Trinajstić information content (AvgIpc) is 3.51. The van der Waals surface area contributed by atoms with Gasteiger partial charge in [-0.2, -0.15) is 0 Å². The summed E-state index contributed by atoms with van der Waals surface area (Å²) in [5, 5.41) is 0. The summed E-state index contributed by atoms with van der Waals surface area (Å²) in [7, 11) is 4.05. The van der Waals surface area contributed by atoms with Gasteiger partial charge in [-0.1, -0.05) is 38.1 Å². The average molecular weight is 380 g/mol. The third-order valence-corrected chi connectivity index (χ3v) is 5.36. The van der Waals surface area contributed by atoms with Crippen molar-refractivity contribution in [3.63, 3.8) is 0 Å². The Morgan fingerprint density at radius 3 is 2.36 bits per heavy atom. The van der Waals surface area contributed by atoms with Crippen LogP contribution in [0.2, 0.25) is 0 Å². The van der Waals surface area contributed by atoms with Crippen LogP contribution in [0.5, 0.6) is 5.75 Å². The van der Waals surface area contributed by atoms with Gasteiger partial charge >= 0.3 is 0 Å². The van der Waals surface area contributed by atoms with E-state index in [4.69, 9.17) is 4.74 Å². The van der Waals surface area contributed by atoms with Crippen LogP contribution in [0.25, 0.3) is 0 Å². The van der Waals surface area contributed by atoms with Crippen molar-refractivity contribution < 1.29 is 9.53 Å². The summed E-state index contributed by atoms with van der Waals surface area (Å²) < 4.78 is 5.77. The molecule has 1 fully saturated rings. The van der Waals surface area contributed by atoms with E-state index in [9.17, 15) is 4.79 Å². The summed E-state index contributed by atoms with van der Waals surface area (Å²) in [6.45, 7) is 5.91. The predicted molar refractivity (Wildman–Crippen MR) is 115 cm³/mol. The Labute approximate surface area is 169 Å². The zero-order valence-corrected chi connectivity index (χ0v) is 17.7. The lowest BCUT2D eigenvalue weighted by molar-refractivity contribution is 0.0948. The summed E-state index contributed by atoms with van der Waals surface area (Å²) in [6.07, 6.45) is 3.38. The highest BCUT2D eigenvalue weighted by atomic mass is 16.5. The summed E-state index contributed by atoms with van der Waals surface area (Å²) in [4.78, 5) is 15.5. The molecule has 3 heteroatoms. The second kappa shape index (κ2) is 9.38. The van der Waals surface area contributed by atoms with Gasteiger partial charge in [-0.25, -0.2) is 0 Å². The van der Waals surface area contributed by atoms with E-state index < -0.39 is 0 Å². The molecule has 1 saturated carbocycles. The molecule has 1 atom stereocenters. The van der Waals surface area contributed by atoms with Gasteiger partial charge in [-0.3, -0.25) is 4.79 Å². The number of hydrogen-bond donors (Lipinski definition) is 0. The molecule has 1 unspecified atom stereocenters. The van der Waals surface area contributed by atoms with E-state index in [0.717, 1.165) is 24.3 Å². The normalized spacial score (nSPS) is 15.1. The Morgan fingerprint density at radius 2 is 1.75 bits per heavy atom. The molecule has 28 heavy (non-hydrogen) atoms. The van der Waals surface area contributed by atoms with Gasteiger partial charge in [0.1, 0.15) is 12.4 Å². The van der Waals surface area contributed by atoms with Gasteiger partial charge in [-0.05, 0) is 80.6 Å². The molecule has 1 aliphatic carbocycles. The van der Waals surface area contributed by atoms with E-state index >= 15 is 0 Å². The van der Waals surface area contributed by atoms with Crippen LogP contribution >= 0.6 is 0 Å². The molecular weight excluding hydrogens is 346 g/mol. The number of rotatable bonds is 10. The van der Waals surface area contributed by atoms with Gasteiger partial charge in [-0.15, -0.1) is 0 Å². The summed E-state index contributed by atoms with van der Waals surface area (Å²) in [5.41, 5.74) is 3.39. The summed E-state index contributed by atoms with van der Waals surface area (Å²) in [6, 6.07) is 16.2. The van der Waals surface area contributed by atoms with Crippen molar-refractivity contribution in [3.8, 4) is 5.75 Å². The van der Waals surface area contributed by atoms with Crippen molar-refractivity contribution in [3.05, 3.63) is 65.2 Å². The molecule has 0 aromatic heterocycles. The zero-order chi connectivity index (χ0) is 20.1. The summed E-state index contributed by atoms with van der Waals surface area (Å²) in [5.74, 6) is 2.08. The van der Waals surface area contributed by atoms with Crippen molar-refractivity contribution in [1.29, 1.82) is 0 Å². The quantitative estimate of drug-likeness (QED) is 0.509. The fourth-order valence-electron chi connectivity index (χ4n) is 3.70. The Hall–Kier alpha value is -2.13. The molecule has 2 aromatic carbocycles. The molecule has 0 heterocycles. The Balaban J connectivity index is 1.78. The largest absolute Gasteiger partial charge is 0.492 e. The molecule has 0 amide bonds. The van der Waals surface area contributed by atoms with Crippen LogP contribution in [0.4, 0.5) is 0 Å². The van der Waals surface area contributed by atoms with Crippen molar-refractivity contribution in [2.24, 2.45) is 5.92 Å². The fraction of sp³-hybridized carbons (Fsp3) is 0.480. The highest BCUT2D eigenvalue weighted by Gasteiger charge is 2.31. The first-order valence-electron chi connectivity index (χ1n) is 10.5. The van der Waals surface area contributed by atoms with Crippen molar-refractivity contribution in [2.75, 3.05) is 27.2 Å². The highest BCUT2D eigenvalue weighted by molar-refractivity contribution is 6.01. The predicted octanol–water partition coefficient (Wildman–Crippen LogP) is 5.52. The number of ether oxygens (including phenoxy) is 1. The van der Waals surface area contributed by atoms with E-state index in [1.54, 1.807) is 0 Å². The van der Waals surface area contributed by atoms with Gasteiger partial charge < -0.3 is 9.64 Å². The zero-order valence-electron chi connectivity index (χ0n) is 17.7. The lowest BCUT2D eigenvalue weighted by atomic mass is 9.81. The van der Waals surface area contributed by atoms with Crippen LogP contribution in [-0.4, -0.2) is 37.9 Å². The molecule has 0 N–H and O–H groups in total. The van der Waals surface area contributed by atoms with Crippen LogP contribution in [-0.2, 0) is 0 Å². The second-order valence-electron chi connectivity index (χ2n) is 8.63. The van der Waals surface area contributed by atoms with Crippen molar-refractivity contribution in [1.82, 2.24) is 4.90 Å². The molecule has 0 aliphatic heterocycles. The maximum atomic E-state index is 13.4. The maximum Gasteiger partial charge on any atom is 0.170 e. The second-order valence-corrected chi connectivity index (χ2v) is 8.63. The number of likely N-dealkylation sites (N-methyl/N-ethyl adjacent to an activating group) is 1. The lowest BCUT2D eigenvalue weighted by Gasteiger charge is -2.22. The third-order valence-electron chi connectivity index (χ3n) is 5.36. The lowest BCUT2D eigenvalue weighted by Crippen LogP contribution is -2.19. The standard InChI is InChI=1S/C25H33NO2/c1-18(2)17-24(23-8-6-5-7-22(23)19-9-10-19)25(27)20-11-13-21(14-12-20)28-16-15-26(3)4/h5-8,11-14,18-19,24H,9-10,15-17H2,1-4H3. The number of Topliss-reactive ketones (excluding diaryl/α,β-unsaturated/α-hetero) is 1. The number of ketones is 1. The van der Waals surface area contributed by atoms with Gasteiger partial charge in [0.25, 0.3) is 0 Å². The van der Waals surface area contributed by atoms with Crippen LogP contribution in [0.15, 0.2) is 48.5 Å². The Kier molecular flexibility index (Phi) is 6.90. The third kappa shape index (κ3) is 5.45.